The highest BCUT2D eigenvalue weighted by Crippen LogP contribution is 2.31. The quantitative estimate of drug-likeness (QED) is 0.529. The molecule has 1 heterocycles. The number of aromatic nitrogens is 2. The summed E-state index contributed by atoms with van der Waals surface area (Å²) in [6, 6.07) is 8.80. The van der Waals surface area contributed by atoms with Crippen molar-refractivity contribution in [3.8, 4) is 11.5 Å². The molecule has 0 aliphatic carbocycles. The van der Waals surface area contributed by atoms with Gasteiger partial charge in [0.15, 0.2) is 0 Å². The number of carbonyl (C=O) groups is 1. The third kappa shape index (κ3) is 5.74. The van der Waals surface area contributed by atoms with Gasteiger partial charge >= 0.3 is 6.36 Å². The number of rotatable bonds is 7. The molecule has 9 nitrogen and oxygen atoms in total. The molecule has 2 aromatic carbocycles. The van der Waals surface area contributed by atoms with Crippen LogP contribution < -0.4 is 19.5 Å². The number of amides is 1. The molecule has 2 N–H and O–H groups in total. The standard InChI is InChI=1S/C20H19F3N4O5S/c1-12-10-14(4-6-16(12)32-20(21,22)23)26-33(29,30)18-7-5-13(11-17(18)31-3)25-19(28)15-8-9-24-27(15)2/h4-11,26H,1-3H3,(H,25,28). The number of carbonyl (C=O) groups excluding carboxylic acids is 1. The number of benzene rings is 2. The van der Waals surface area contributed by atoms with Crippen molar-refractivity contribution < 1.29 is 35.9 Å². The highest BCUT2D eigenvalue weighted by molar-refractivity contribution is 7.92. The van der Waals surface area contributed by atoms with E-state index in [1.807, 2.05) is 0 Å². The summed E-state index contributed by atoms with van der Waals surface area (Å²) >= 11 is 0. The molecule has 0 aliphatic rings. The van der Waals surface area contributed by atoms with Crippen LogP contribution in [0.1, 0.15) is 16.1 Å². The van der Waals surface area contributed by atoms with Crippen molar-refractivity contribution >= 4 is 27.3 Å². The highest BCUT2D eigenvalue weighted by atomic mass is 32.2. The second-order valence-corrected chi connectivity index (χ2v) is 8.44. The monoisotopic (exact) mass is 484 g/mol. The predicted molar refractivity (Wildman–Crippen MR) is 113 cm³/mol. The third-order valence-electron chi connectivity index (χ3n) is 4.42. The molecule has 0 radical (unpaired) electrons. The first-order chi connectivity index (χ1) is 15.4. The van der Waals surface area contributed by atoms with Gasteiger partial charge in [-0.05, 0) is 48.9 Å². The van der Waals surface area contributed by atoms with E-state index in [4.69, 9.17) is 4.74 Å². The van der Waals surface area contributed by atoms with E-state index in [1.54, 1.807) is 7.05 Å². The minimum absolute atomic E-state index is 0.0256. The number of alkyl halides is 3. The second-order valence-electron chi connectivity index (χ2n) is 6.79. The number of methoxy groups -OCH3 is 1. The SMILES string of the molecule is COc1cc(NC(=O)c2ccnn2C)ccc1S(=O)(=O)Nc1ccc(OC(F)(F)F)c(C)c1. The lowest BCUT2D eigenvalue weighted by Gasteiger charge is -2.15. The zero-order valence-electron chi connectivity index (χ0n) is 17.6. The number of nitrogens with one attached hydrogen (secondary N) is 2. The van der Waals surface area contributed by atoms with E-state index in [9.17, 15) is 26.4 Å². The van der Waals surface area contributed by atoms with Gasteiger partial charge in [-0.25, -0.2) is 8.42 Å². The van der Waals surface area contributed by atoms with Crippen molar-refractivity contribution in [2.45, 2.75) is 18.2 Å². The van der Waals surface area contributed by atoms with E-state index in [-0.39, 0.29) is 27.6 Å². The van der Waals surface area contributed by atoms with Crippen molar-refractivity contribution in [3.05, 3.63) is 59.9 Å². The van der Waals surface area contributed by atoms with E-state index in [0.717, 1.165) is 12.1 Å². The van der Waals surface area contributed by atoms with Gasteiger partial charge in [0.1, 0.15) is 22.1 Å². The fraction of sp³-hybridized carbons (Fsp3) is 0.200. The summed E-state index contributed by atoms with van der Waals surface area (Å²) in [5.41, 5.74) is 0.674. The lowest BCUT2D eigenvalue weighted by molar-refractivity contribution is -0.274. The number of hydrogen-bond donors (Lipinski definition) is 2. The van der Waals surface area contributed by atoms with Crippen molar-refractivity contribution in [2.75, 3.05) is 17.1 Å². The molecule has 176 valence electrons. The number of ether oxygens (including phenoxy) is 2. The molecule has 1 amide bonds. The molecule has 0 fully saturated rings. The lowest BCUT2D eigenvalue weighted by Crippen LogP contribution is -2.18. The molecular formula is C20H19F3N4O5S. The Bertz CT molecular complexity index is 1290. The maximum absolute atomic E-state index is 12.9. The maximum atomic E-state index is 12.9. The van der Waals surface area contributed by atoms with E-state index in [1.165, 1.54) is 55.2 Å². The van der Waals surface area contributed by atoms with Crippen LogP contribution in [0.5, 0.6) is 11.5 Å². The van der Waals surface area contributed by atoms with Crippen LogP contribution >= 0.6 is 0 Å². The van der Waals surface area contributed by atoms with Crippen LogP contribution in [0.2, 0.25) is 0 Å². The Labute approximate surface area is 187 Å². The van der Waals surface area contributed by atoms with Gasteiger partial charge in [0.2, 0.25) is 0 Å². The van der Waals surface area contributed by atoms with Gasteiger partial charge in [-0.3, -0.25) is 14.2 Å². The molecule has 1 aromatic heterocycles. The largest absolute Gasteiger partial charge is 0.573 e. The van der Waals surface area contributed by atoms with Crippen LogP contribution in [0.4, 0.5) is 24.5 Å². The first-order valence-electron chi connectivity index (χ1n) is 9.26. The van der Waals surface area contributed by atoms with Gasteiger partial charge in [-0.1, -0.05) is 0 Å². The number of aryl methyl sites for hydroxylation is 2. The molecule has 33 heavy (non-hydrogen) atoms. The normalized spacial score (nSPS) is 11.7. The summed E-state index contributed by atoms with van der Waals surface area (Å²) in [4.78, 5) is 12.1. The van der Waals surface area contributed by atoms with Gasteiger partial charge < -0.3 is 14.8 Å². The van der Waals surface area contributed by atoms with Crippen molar-refractivity contribution in [1.82, 2.24) is 9.78 Å². The molecule has 0 atom stereocenters. The smallest absolute Gasteiger partial charge is 0.495 e. The zero-order chi connectivity index (χ0) is 24.4. The van der Waals surface area contributed by atoms with Gasteiger partial charge in [0, 0.05) is 30.7 Å². The Morgan fingerprint density at radius 2 is 1.76 bits per heavy atom. The Morgan fingerprint density at radius 1 is 1.06 bits per heavy atom. The minimum Gasteiger partial charge on any atom is -0.495 e. The summed E-state index contributed by atoms with van der Waals surface area (Å²) in [5.74, 6) is -0.960. The Morgan fingerprint density at radius 3 is 2.33 bits per heavy atom. The number of nitrogens with zero attached hydrogens (tertiary/aromatic N) is 2. The van der Waals surface area contributed by atoms with Crippen molar-refractivity contribution in [3.63, 3.8) is 0 Å². The summed E-state index contributed by atoms with van der Waals surface area (Å²) in [5, 5.41) is 6.53. The predicted octanol–water partition coefficient (Wildman–Crippen LogP) is 3.69. The molecule has 3 rings (SSSR count). The first kappa shape index (κ1) is 23.9. The number of halogens is 3. The lowest BCUT2D eigenvalue weighted by atomic mass is 10.2. The van der Waals surface area contributed by atoms with Gasteiger partial charge in [0.25, 0.3) is 15.9 Å². The van der Waals surface area contributed by atoms with E-state index < -0.39 is 28.0 Å². The van der Waals surface area contributed by atoms with Crippen LogP contribution in [-0.2, 0) is 17.1 Å². The molecule has 0 unspecified atom stereocenters. The van der Waals surface area contributed by atoms with Gasteiger partial charge in [0.05, 0.1) is 7.11 Å². The Balaban J connectivity index is 1.82. The molecule has 0 saturated carbocycles. The highest BCUT2D eigenvalue weighted by Gasteiger charge is 2.32. The van der Waals surface area contributed by atoms with E-state index >= 15 is 0 Å². The molecular weight excluding hydrogens is 465 g/mol. The Kier molecular flexibility index (Phi) is 6.53. The fourth-order valence-corrected chi connectivity index (χ4v) is 4.12. The summed E-state index contributed by atoms with van der Waals surface area (Å²) in [6.45, 7) is 1.35. The molecule has 3 aromatic rings. The average molecular weight is 484 g/mol. The molecule has 0 aliphatic heterocycles. The van der Waals surface area contributed by atoms with E-state index in [2.05, 4.69) is 19.9 Å². The fourth-order valence-electron chi connectivity index (χ4n) is 2.92. The summed E-state index contributed by atoms with van der Waals surface area (Å²) in [7, 11) is -1.32. The second kappa shape index (κ2) is 9.02. The first-order valence-corrected chi connectivity index (χ1v) is 10.7. The molecule has 0 bridgehead atoms. The van der Waals surface area contributed by atoms with Crippen LogP contribution in [0.15, 0.2) is 53.6 Å². The van der Waals surface area contributed by atoms with Crippen LogP contribution in [0.3, 0.4) is 0 Å². The Hall–Kier alpha value is -3.74. The van der Waals surface area contributed by atoms with Crippen molar-refractivity contribution in [1.29, 1.82) is 0 Å². The van der Waals surface area contributed by atoms with E-state index in [0.29, 0.717) is 5.69 Å². The topological polar surface area (TPSA) is 112 Å². The molecule has 13 heteroatoms. The molecule has 0 spiro atoms. The van der Waals surface area contributed by atoms with Crippen LogP contribution in [0.25, 0.3) is 0 Å². The summed E-state index contributed by atoms with van der Waals surface area (Å²) in [6.07, 6.45) is -3.41. The average Bonchev–Trinajstić information content (AvgIpc) is 3.14. The number of sulfonamides is 1. The minimum atomic E-state index is -4.87. The van der Waals surface area contributed by atoms with Gasteiger partial charge in [-0.15, -0.1) is 13.2 Å². The van der Waals surface area contributed by atoms with Crippen LogP contribution in [0, 0.1) is 6.92 Å². The summed E-state index contributed by atoms with van der Waals surface area (Å²) < 4.78 is 75.7. The zero-order valence-corrected chi connectivity index (χ0v) is 18.4. The third-order valence-corrected chi connectivity index (χ3v) is 5.84. The van der Waals surface area contributed by atoms with Crippen LogP contribution in [-0.4, -0.2) is 37.6 Å². The number of hydrogen-bond acceptors (Lipinski definition) is 6. The van der Waals surface area contributed by atoms with Crippen molar-refractivity contribution in [2.24, 2.45) is 7.05 Å². The number of anilines is 2. The maximum Gasteiger partial charge on any atom is 0.573 e. The van der Waals surface area contributed by atoms with Gasteiger partial charge in [-0.2, -0.15) is 5.10 Å². The molecule has 0 saturated heterocycles.